The predicted molar refractivity (Wildman–Crippen MR) is 54.7 cm³/mol. The van der Waals surface area contributed by atoms with Gasteiger partial charge < -0.3 is 4.74 Å². The Balaban J connectivity index is 1.81. The average Bonchev–Trinajstić information content (AvgIpc) is 2.54. The first-order chi connectivity index (χ1) is 6.54. The van der Waals surface area contributed by atoms with Crippen molar-refractivity contribution in [1.29, 1.82) is 0 Å². The van der Waals surface area contributed by atoms with Crippen molar-refractivity contribution in [3.8, 4) is 0 Å². The zero-order valence-electron chi connectivity index (χ0n) is 8.45. The lowest BCUT2D eigenvalue weighted by atomic mass is 10.2. The van der Waals surface area contributed by atoms with Crippen LogP contribution in [0.25, 0.3) is 0 Å². The molecule has 0 aromatic heterocycles. The minimum Gasteiger partial charge on any atom is -0.500 e. The van der Waals surface area contributed by atoms with Crippen LogP contribution in [0.5, 0.6) is 0 Å². The monoisotopic (exact) mass is 216 g/mol. The summed E-state index contributed by atoms with van der Waals surface area (Å²) in [7, 11) is -2.81. The van der Waals surface area contributed by atoms with Crippen molar-refractivity contribution < 1.29 is 13.2 Å². The summed E-state index contributed by atoms with van der Waals surface area (Å²) in [4.78, 5) is 0. The van der Waals surface area contributed by atoms with Gasteiger partial charge in [-0.3, -0.25) is 0 Å². The second-order valence-corrected chi connectivity index (χ2v) is 7.01. The van der Waals surface area contributed by atoms with E-state index in [1.807, 2.05) is 0 Å². The largest absolute Gasteiger partial charge is 0.500 e. The molecule has 1 saturated carbocycles. The Labute approximate surface area is 85.1 Å². The summed E-state index contributed by atoms with van der Waals surface area (Å²) >= 11 is 0. The molecule has 1 aliphatic carbocycles. The third-order valence-corrected chi connectivity index (χ3v) is 5.47. The van der Waals surface area contributed by atoms with Gasteiger partial charge >= 0.3 is 0 Å². The van der Waals surface area contributed by atoms with Gasteiger partial charge in [-0.1, -0.05) is 0 Å². The van der Waals surface area contributed by atoms with Gasteiger partial charge in [-0.2, -0.15) is 0 Å². The summed E-state index contributed by atoms with van der Waals surface area (Å²) in [5, 5.41) is 0. The molecule has 0 aromatic carbocycles. The molecule has 2 aliphatic rings. The topological polar surface area (TPSA) is 43.4 Å². The van der Waals surface area contributed by atoms with Crippen molar-refractivity contribution in [2.24, 2.45) is 0 Å². The Kier molecular flexibility index (Phi) is 2.33. The Morgan fingerprint density at radius 3 is 2.50 bits per heavy atom. The van der Waals surface area contributed by atoms with Crippen LogP contribution in [0.2, 0.25) is 0 Å². The molecule has 0 spiro atoms. The molecule has 3 nitrogen and oxygen atoms in total. The first-order valence-electron chi connectivity index (χ1n) is 5.05. The van der Waals surface area contributed by atoms with Gasteiger partial charge in [0.2, 0.25) is 0 Å². The van der Waals surface area contributed by atoms with Gasteiger partial charge in [0.15, 0.2) is 9.84 Å². The molecule has 2 fully saturated rings. The lowest BCUT2D eigenvalue weighted by Gasteiger charge is -2.05. The summed E-state index contributed by atoms with van der Waals surface area (Å²) in [5.74, 6) is 0.281. The molecule has 0 aromatic rings. The fraction of sp³-hybridized carbons (Fsp3) is 0.800. The molecule has 1 atom stereocenters. The Hall–Kier alpha value is -0.510. The van der Waals surface area contributed by atoms with E-state index in [1.165, 1.54) is 18.4 Å². The normalized spacial score (nSPS) is 34.2. The van der Waals surface area contributed by atoms with E-state index >= 15 is 0 Å². The Morgan fingerprint density at radius 2 is 2.00 bits per heavy atom. The molecule has 1 unspecified atom stereocenters. The lowest BCUT2D eigenvalue weighted by Crippen LogP contribution is -2.14. The number of hydrogen-bond donors (Lipinski definition) is 0. The van der Waals surface area contributed by atoms with Gasteiger partial charge in [-0.05, 0) is 38.2 Å². The summed E-state index contributed by atoms with van der Waals surface area (Å²) in [6, 6.07) is 0. The van der Waals surface area contributed by atoms with E-state index in [1.54, 1.807) is 13.2 Å². The van der Waals surface area contributed by atoms with E-state index in [0.29, 0.717) is 6.61 Å². The minimum atomic E-state index is -2.81. The minimum absolute atomic E-state index is 0.281. The van der Waals surface area contributed by atoms with Gasteiger partial charge in [0.1, 0.15) is 11.4 Å². The van der Waals surface area contributed by atoms with E-state index in [2.05, 4.69) is 0 Å². The van der Waals surface area contributed by atoms with Crippen LogP contribution < -0.4 is 0 Å². The van der Waals surface area contributed by atoms with Crippen molar-refractivity contribution >= 4 is 9.84 Å². The predicted octanol–water partition coefficient (Wildman–Crippen LogP) is 1.65. The smallest absolute Gasteiger partial charge is 0.161 e. The maximum absolute atomic E-state index is 11.1. The summed E-state index contributed by atoms with van der Waals surface area (Å²) in [5.41, 5.74) is 1.33. The summed E-state index contributed by atoms with van der Waals surface area (Å²) in [6.45, 7) is 2.06. The van der Waals surface area contributed by atoms with Crippen molar-refractivity contribution in [2.45, 2.75) is 37.4 Å². The molecule has 1 aliphatic heterocycles. The van der Waals surface area contributed by atoms with Crippen LogP contribution in [-0.4, -0.2) is 25.5 Å². The Bertz CT molecular complexity index is 348. The van der Waals surface area contributed by atoms with Gasteiger partial charge in [0.25, 0.3) is 0 Å². The van der Waals surface area contributed by atoms with E-state index in [0.717, 1.165) is 12.8 Å². The second-order valence-electron chi connectivity index (χ2n) is 4.50. The number of rotatable bonds is 3. The van der Waals surface area contributed by atoms with E-state index < -0.39 is 14.6 Å². The van der Waals surface area contributed by atoms with Crippen LogP contribution in [0, 0.1) is 0 Å². The maximum Gasteiger partial charge on any atom is 0.161 e. The Morgan fingerprint density at radius 1 is 1.43 bits per heavy atom. The molecule has 0 radical (unpaired) electrons. The van der Waals surface area contributed by atoms with Crippen LogP contribution >= 0.6 is 0 Å². The van der Waals surface area contributed by atoms with Gasteiger partial charge in [-0.15, -0.1) is 0 Å². The molecule has 2 rings (SSSR count). The highest BCUT2D eigenvalue weighted by atomic mass is 32.2. The molecule has 80 valence electrons. The fourth-order valence-electron chi connectivity index (χ4n) is 1.79. The summed E-state index contributed by atoms with van der Waals surface area (Å²) < 4.78 is 27.0. The van der Waals surface area contributed by atoms with Gasteiger partial charge in [0.05, 0.1) is 12.0 Å². The van der Waals surface area contributed by atoms with Gasteiger partial charge in [-0.25, -0.2) is 8.42 Å². The number of allylic oxidation sites excluding steroid dienone is 1. The van der Waals surface area contributed by atoms with Crippen LogP contribution in [0.4, 0.5) is 0 Å². The second kappa shape index (κ2) is 3.26. The first kappa shape index (κ1) is 10.0. The van der Waals surface area contributed by atoms with Crippen LogP contribution in [0.3, 0.4) is 0 Å². The van der Waals surface area contributed by atoms with Crippen LogP contribution in [0.1, 0.15) is 32.6 Å². The third-order valence-electron chi connectivity index (χ3n) is 3.04. The molecule has 4 heteroatoms. The molecule has 0 bridgehead atoms. The molecule has 1 saturated heterocycles. The number of hydrogen-bond acceptors (Lipinski definition) is 3. The van der Waals surface area contributed by atoms with Crippen LogP contribution in [-0.2, 0) is 14.6 Å². The van der Waals surface area contributed by atoms with Crippen molar-refractivity contribution in [3.05, 3.63) is 11.8 Å². The molecule has 14 heavy (non-hydrogen) atoms. The van der Waals surface area contributed by atoms with E-state index in [-0.39, 0.29) is 5.75 Å². The van der Waals surface area contributed by atoms with E-state index in [9.17, 15) is 8.42 Å². The van der Waals surface area contributed by atoms with Crippen molar-refractivity contribution in [1.82, 2.24) is 0 Å². The zero-order valence-corrected chi connectivity index (χ0v) is 9.27. The quantitative estimate of drug-likeness (QED) is 0.532. The summed E-state index contributed by atoms with van der Waals surface area (Å²) in [6.07, 6.45) is 6.48. The molecule has 0 amide bonds. The van der Waals surface area contributed by atoms with Crippen molar-refractivity contribution in [2.75, 3.05) is 12.4 Å². The highest BCUT2D eigenvalue weighted by Gasteiger charge is 2.57. The van der Waals surface area contributed by atoms with Crippen molar-refractivity contribution in [3.63, 3.8) is 0 Å². The molecule has 0 N–H and O–H groups in total. The third kappa shape index (κ3) is 1.80. The highest BCUT2D eigenvalue weighted by Crippen LogP contribution is 2.36. The van der Waals surface area contributed by atoms with Crippen LogP contribution in [0.15, 0.2) is 11.8 Å². The molecular formula is C10H16O3S. The lowest BCUT2D eigenvalue weighted by molar-refractivity contribution is 0.231. The first-order valence-corrected chi connectivity index (χ1v) is 6.71. The zero-order chi connectivity index (χ0) is 10.2. The van der Waals surface area contributed by atoms with E-state index in [4.69, 9.17) is 4.74 Å². The molecular weight excluding hydrogens is 200 g/mol. The maximum atomic E-state index is 11.1. The number of ether oxygens (including phenoxy) is 1. The molecule has 1 heterocycles. The average molecular weight is 216 g/mol. The number of sulfone groups is 1. The SMILES string of the molecule is CC1(COC=C2CCCC2)CS1(=O)=O. The van der Waals surface area contributed by atoms with Gasteiger partial charge in [0, 0.05) is 0 Å². The fourth-order valence-corrected chi connectivity index (χ4v) is 3.15. The standard InChI is InChI=1S/C10H16O3S/c1-10(8-14(10,11)12)7-13-6-9-4-2-3-5-9/h6H,2-5,7-8H2,1H3. The highest BCUT2D eigenvalue weighted by molar-refractivity contribution is 8.00.